The number of aromatic amines is 1. The molecule has 32 heavy (non-hydrogen) atoms. The average Bonchev–Trinajstić information content (AvgIpc) is 2.74. The Morgan fingerprint density at radius 3 is 2.44 bits per heavy atom. The van der Waals surface area contributed by atoms with E-state index in [-0.39, 0.29) is 16.6 Å². The van der Waals surface area contributed by atoms with E-state index >= 15 is 0 Å². The molecular weight excluding hydrogens is 421 g/mol. The van der Waals surface area contributed by atoms with Gasteiger partial charge in [0.15, 0.2) is 0 Å². The van der Waals surface area contributed by atoms with Crippen molar-refractivity contribution in [3.05, 3.63) is 63.3 Å². The van der Waals surface area contributed by atoms with Crippen LogP contribution in [0.1, 0.15) is 28.4 Å². The molecule has 1 fully saturated rings. The number of piperazine rings is 1. The summed E-state index contributed by atoms with van der Waals surface area (Å²) < 4.78 is 39.6. The Morgan fingerprint density at radius 1 is 1.12 bits per heavy atom. The zero-order valence-electron chi connectivity index (χ0n) is 17.6. The van der Waals surface area contributed by atoms with Crippen LogP contribution < -0.4 is 10.5 Å². The van der Waals surface area contributed by atoms with Crippen LogP contribution in [0.15, 0.2) is 35.4 Å². The Hall–Kier alpha value is -3.45. The van der Waals surface area contributed by atoms with Crippen LogP contribution in [0.4, 0.5) is 18.9 Å². The van der Waals surface area contributed by atoms with Crippen LogP contribution in [0.3, 0.4) is 0 Å². The van der Waals surface area contributed by atoms with E-state index in [4.69, 9.17) is 0 Å². The van der Waals surface area contributed by atoms with Gasteiger partial charge in [-0.1, -0.05) is 0 Å². The summed E-state index contributed by atoms with van der Waals surface area (Å²) in [6, 6.07) is 7.14. The highest BCUT2D eigenvalue weighted by atomic mass is 19.4. The maximum absolute atomic E-state index is 13.2. The third kappa shape index (κ3) is 4.03. The van der Waals surface area contributed by atoms with Crippen molar-refractivity contribution < 1.29 is 13.2 Å². The van der Waals surface area contributed by atoms with Crippen molar-refractivity contribution in [1.29, 1.82) is 5.26 Å². The number of pyridine rings is 3. The fraction of sp³-hybridized carbons (Fsp3) is 0.364. The van der Waals surface area contributed by atoms with E-state index in [2.05, 4.69) is 25.9 Å². The van der Waals surface area contributed by atoms with Gasteiger partial charge in [0.1, 0.15) is 11.6 Å². The van der Waals surface area contributed by atoms with E-state index in [1.165, 1.54) is 13.1 Å². The van der Waals surface area contributed by atoms with E-state index in [0.717, 1.165) is 11.4 Å². The first-order chi connectivity index (χ1) is 15.2. The summed E-state index contributed by atoms with van der Waals surface area (Å²) in [5, 5.41) is 9.81. The standard InChI is InChI=1S/C22H21F3N6O/c1-13-3-4-16(12-27-13)30-5-7-31(8-6-30)18(10-26)15-9-17-20(28-11-15)14(2)19(21(32)29-17)22(23,24)25/h3-4,9,11-12,18H,5-8H2,1-2H3,(H,29,32). The number of nitriles is 1. The molecule has 0 aliphatic carbocycles. The van der Waals surface area contributed by atoms with Gasteiger partial charge < -0.3 is 9.88 Å². The quantitative estimate of drug-likeness (QED) is 0.669. The number of anilines is 1. The van der Waals surface area contributed by atoms with Crippen LogP contribution in [0.25, 0.3) is 11.0 Å². The molecule has 0 bridgehead atoms. The Bertz CT molecular complexity index is 1240. The fourth-order valence-corrected chi connectivity index (χ4v) is 4.09. The van der Waals surface area contributed by atoms with Crippen molar-refractivity contribution in [2.24, 2.45) is 0 Å². The Morgan fingerprint density at radius 2 is 1.84 bits per heavy atom. The van der Waals surface area contributed by atoms with Gasteiger partial charge in [-0.3, -0.25) is 19.7 Å². The topological polar surface area (TPSA) is 88.9 Å². The van der Waals surface area contributed by atoms with Gasteiger partial charge in [0, 0.05) is 43.6 Å². The predicted molar refractivity (Wildman–Crippen MR) is 113 cm³/mol. The number of hydrogen-bond donors (Lipinski definition) is 1. The number of rotatable bonds is 3. The molecule has 1 aliphatic rings. The first-order valence-corrected chi connectivity index (χ1v) is 10.1. The lowest BCUT2D eigenvalue weighted by Crippen LogP contribution is -2.47. The number of halogens is 3. The molecule has 0 aromatic carbocycles. The third-order valence-corrected chi connectivity index (χ3v) is 5.78. The van der Waals surface area contributed by atoms with Crippen LogP contribution in [0.5, 0.6) is 0 Å². The first kappa shape index (κ1) is 21.8. The number of fused-ring (bicyclic) bond motifs is 1. The molecule has 3 aromatic rings. The molecule has 1 atom stereocenters. The van der Waals surface area contributed by atoms with Gasteiger partial charge in [-0.15, -0.1) is 0 Å². The van der Waals surface area contributed by atoms with E-state index in [1.807, 2.05) is 30.2 Å². The molecule has 1 N–H and O–H groups in total. The summed E-state index contributed by atoms with van der Waals surface area (Å²) in [6.45, 7) is 5.80. The number of aryl methyl sites for hydroxylation is 2. The maximum Gasteiger partial charge on any atom is 0.422 e. The number of nitrogens with zero attached hydrogens (tertiary/aromatic N) is 5. The normalized spacial score (nSPS) is 16.2. The second-order valence-electron chi connectivity index (χ2n) is 7.83. The van der Waals surface area contributed by atoms with Crippen molar-refractivity contribution >= 4 is 16.7 Å². The summed E-state index contributed by atoms with van der Waals surface area (Å²) in [5.41, 5.74) is 0.0497. The summed E-state index contributed by atoms with van der Waals surface area (Å²) in [5.74, 6) is 0. The van der Waals surface area contributed by atoms with Crippen molar-refractivity contribution in [1.82, 2.24) is 19.9 Å². The first-order valence-electron chi connectivity index (χ1n) is 10.1. The highest BCUT2D eigenvalue weighted by Crippen LogP contribution is 2.32. The smallest absolute Gasteiger partial charge is 0.368 e. The molecule has 0 radical (unpaired) electrons. The molecule has 4 heterocycles. The lowest BCUT2D eigenvalue weighted by atomic mass is 10.0. The largest absolute Gasteiger partial charge is 0.422 e. The Balaban J connectivity index is 1.58. The fourth-order valence-electron chi connectivity index (χ4n) is 4.09. The molecular formula is C22H21F3N6O. The van der Waals surface area contributed by atoms with Gasteiger partial charge in [-0.25, -0.2) is 0 Å². The van der Waals surface area contributed by atoms with Crippen molar-refractivity contribution in [2.75, 3.05) is 31.1 Å². The minimum Gasteiger partial charge on any atom is -0.368 e. The maximum atomic E-state index is 13.2. The number of alkyl halides is 3. The zero-order chi connectivity index (χ0) is 23.0. The molecule has 3 aromatic heterocycles. The molecule has 0 saturated carbocycles. The number of hydrogen-bond acceptors (Lipinski definition) is 6. The SMILES string of the molecule is Cc1ccc(N2CCN(C(C#N)c3cnc4c(C)c(C(F)(F)F)c(=O)[nH]c4c3)CC2)cn1. The van der Waals surface area contributed by atoms with Gasteiger partial charge >= 0.3 is 6.18 Å². The van der Waals surface area contributed by atoms with Crippen molar-refractivity contribution in [3.8, 4) is 6.07 Å². The van der Waals surface area contributed by atoms with Crippen LogP contribution >= 0.6 is 0 Å². The van der Waals surface area contributed by atoms with Crippen molar-refractivity contribution in [3.63, 3.8) is 0 Å². The van der Waals surface area contributed by atoms with Gasteiger partial charge in [-0.05, 0) is 37.6 Å². The average molecular weight is 442 g/mol. The predicted octanol–water partition coefficient (Wildman–Crippen LogP) is 3.34. The van der Waals surface area contributed by atoms with Crippen LogP contribution in [0, 0.1) is 25.2 Å². The van der Waals surface area contributed by atoms with Crippen molar-refractivity contribution in [2.45, 2.75) is 26.1 Å². The lowest BCUT2D eigenvalue weighted by molar-refractivity contribution is -0.139. The molecule has 0 spiro atoms. The minimum atomic E-state index is -4.77. The second kappa shape index (κ2) is 8.24. The number of nitrogens with one attached hydrogen (secondary N) is 1. The molecule has 166 valence electrons. The summed E-state index contributed by atoms with van der Waals surface area (Å²) in [7, 11) is 0. The number of H-pyrrole nitrogens is 1. The summed E-state index contributed by atoms with van der Waals surface area (Å²) in [6.07, 6.45) is -1.53. The van der Waals surface area contributed by atoms with E-state index < -0.39 is 23.3 Å². The molecule has 1 saturated heterocycles. The molecule has 1 unspecified atom stereocenters. The summed E-state index contributed by atoms with van der Waals surface area (Å²) in [4.78, 5) is 27.0. The minimum absolute atomic E-state index is 0.0639. The third-order valence-electron chi connectivity index (χ3n) is 5.78. The van der Waals surface area contributed by atoms with E-state index in [9.17, 15) is 23.2 Å². The van der Waals surface area contributed by atoms with E-state index in [1.54, 1.807) is 6.07 Å². The summed E-state index contributed by atoms with van der Waals surface area (Å²) >= 11 is 0. The van der Waals surface area contributed by atoms with Gasteiger partial charge in [0.05, 0.1) is 29.0 Å². The van der Waals surface area contributed by atoms with Gasteiger partial charge in [0.25, 0.3) is 5.56 Å². The lowest BCUT2D eigenvalue weighted by Gasteiger charge is -2.38. The molecule has 10 heteroatoms. The number of aromatic nitrogens is 3. The van der Waals surface area contributed by atoms with Gasteiger partial charge in [0.2, 0.25) is 0 Å². The second-order valence-corrected chi connectivity index (χ2v) is 7.83. The highest BCUT2D eigenvalue weighted by molar-refractivity contribution is 5.79. The van der Waals surface area contributed by atoms with Crippen LogP contribution in [-0.2, 0) is 6.18 Å². The molecule has 4 rings (SSSR count). The van der Waals surface area contributed by atoms with E-state index in [0.29, 0.717) is 31.7 Å². The zero-order valence-corrected chi connectivity index (χ0v) is 17.6. The van der Waals surface area contributed by atoms with Gasteiger partial charge in [-0.2, -0.15) is 18.4 Å². The monoisotopic (exact) mass is 442 g/mol. The Labute approximate surface area is 182 Å². The van der Waals surface area contributed by atoms with Crippen LogP contribution in [0.2, 0.25) is 0 Å². The molecule has 7 nitrogen and oxygen atoms in total. The van der Waals surface area contributed by atoms with Crippen LogP contribution in [-0.4, -0.2) is 46.0 Å². The molecule has 1 aliphatic heterocycles. The molecule has 0 amide bonds. The Kier molecular flexibility index (Phi) is 5.60. The highest BCUT2D eigenvalue weighted by Gasteiger charge is 2.37.